The summed E-state index contributed by atoms with van der Waals surface area (Å²) in [6, 6.07) is 15.0. The maximum absolute atomic E-state index is 11.7. The van der Waals surface area contributed by atoms with Gasteiger partial charge in [0.05, 0.1) is 5.56 Å². The molecule has 6 nitrogen and oxygen atoms in total. The summed E-state index contributed by atoms with van der Waals surface area (Å²) in [5, 5.41) is 25.9. The largest absolute Gasteiger partial charge is 0.457 e. The number of ether oxygens (including phenoxy) is 1. The Bertz CT molecular complexity index is 873. The number of esters is 1. The van der Waals surface area contributed by atoms with E-state index in [1.165, 1.54) is 6.08 Å². The number of allylic oxidation sites excluding steroid dienone is 1. The maximum atomic E-state index is 11.7. The van der Waals surface area contributed by atoms with Crippen LogP contribution in [0.15, 0.2) is 46.4 Å². The second-order valence-corrected chi connectivity index (χ2v) is 4.30. The van der Waals surface area contributed by atoms with Gasteiger partial charge in [-0.15, -0.1) is 0 Å². The van der Waals surface area contributed by atoms with Crippen LogP contribution >= 0.6 is 0 Å². The van der Waals surface area contributed by atoms with Gasteiger partial charge in [-0.2, -0.15) is 15.8 Å². The van der Waals surface area contributed by atoms with Gasteiger partial charge in [0.1, 0.15) is 35.3 Å². The topological polar surface area (TPSA) is 111 Å². The van der Waals surface area contributed by atoms with Crippen molar-refractivity contribution in [3.63, 3.8) is 0 Å². The van der Waals surface area contributed by atoms with Gasteiger partial charge in [-0.1, -0.05) is 12.1 Å². The van der Waals surface area contributed by atoms with Crippen LogP contribution in [-0.4, -0.2) is 12.6 Å². The summed E-state index contributed by atoms with van der Waals surface area (Å²) in [7, 11) is 0. The first-order valence-corrected chi connectivity index (χ1v) is 6.44. The van der Waals surface area contributed by atoms with Crippen LogP contribution in [0, 0.1) is 34.0 Å². The van der Waals surface area contributed by atoms with E-state index in [1.807, 2.05) is 0 Å². The first-order chi connectivity index (χ1) is 11.2. The van der Waals surface area contributed by atoms with Gasteiger partial charge in [-0.3, -0.25) is 0 Å². The van der Waals surface area contributed by atoms with E-state index in [9.17, 15) is 4.79 Å². The van der Waals surface area contributed by atoms with Gasteiger partial charge in [-0.05, 0) is 24.3 Å². The Morgan fingerprint density at radius 1 is 1.17 bits per heavy atom. The Kier molecular flexibility index (Phi) is 4.92. The summed E-state index contributed by atoms with van der Waals surface area (Å²) in [4.78, 5) is 11.7. The SMILES string of the molecule is N#CCOC(=O)c1cccc(-c2ccc(C=C(C#N)C#N)o2)c1. The van der Waals surface area contributed by atoms with E-state index in [0.29, 0.717) is 22.6 Å². The van der Waals surface area contributed by atoms with Crippen LogP contribution in [-0.2, 0) is 4.74 Å². The third-order valence-corrected chi connectivity index (χ3v) is 2.80. The van der Waals surface area contributed by atoms with E-state index in [2.05, 4.69) is 0 Å². The van der Waals surface area contributed by atoms with Crippen molar-refractivity contribution in [1.82, 2.24) is 0 Å². The number of nitrogens with zero attached hydrogens (tertiary/aromatic N) is 3. The highest BCUT2D eigenvalue weighted by Gasteiger charge is 2.10. The lowest BCUT2D eigenvalue weighted by Crippen LogP contribution is -2.05. The lowest BCUT2D eigenvalue weighted by Gasteiger charge is -2.02. The molecule has 0 N–H and O–H groups in total. The minimum absolute atomic E-state index is 0.0697. The van der Waals surface area contributed by atoms with Crippen molar-refractivity contribution < 1.29 is 13.9 Å². The molecule has 110 valence electrons. The Hall–Kier alpha value is -3.82. The van der Waals surface area contributed by atoms with Crippen molar-refractivity contribution in [2.24, 2.45) is 0 Å². The summed E-state index contributed by atoms with van der Waals surface area (Å²) >= 11 is 0. The van der Waals surface area contributed by atoms with Gasteiger partial charge in [0.15, 0.2) is 6.61 Å². The second kappa shape index (κ2) is 7.26. The Balaban J connectivity index is 2.27. The monoisotopic (exact) mass is 303 g/mol. The minimum Gasteiger partial charge on any atom is -0.457 e. The van der Waals surface area contributed by atoms with E-state index in [-0.39, 0.29) is 12.2 Å². The van der Waals surface area contributed by atoms with Crippen LogP contribution in [0.1, 0.15) is 16.1 Å². The number of nitriles is 3. The highest BCUT2D eigenvalue weighted by atomic mass is 16.5. The molecule has 0 spiro atoms. The highest BCUT2D eigenvalue weighted by molar-refractivity contribution is 5.90. The Morgan fingerprint density at radius 2 is 1.96 bits per heavy atom. The van der Waals surface area contributed by atoms with Crippen LogP contribution in [0.5, 0.6) is 0 Å². The molecule has 1 aromatic carbocycles. The summed E-state index contributed by atoms with van der Waals surface area (Å²) in [5.41, 5.74) is 0.854. The molecule has 0 radical (unpaired) electrons. The third kappa shape index (κ3) is 3.85. The molecular formula is C17H9N3O3. The highest BCUT2D eigenvalue weighted by Crippen LogP contribution is 2.24. The van der Waals surface area contributed by atoms with Crippen molar-refractivity contribution >= 4 is 12.0 Å². The molecule has 0 aliphatic rings. The fourth-order valence-corrected chi connectivity index (χ4v) is 1.80. The van der Waals surface area contributed by atoms with Gasteiger partial charge in [-0.25, -0.2) is 4.79 Å². The quantitative estimate of drug-likeness (QED) is 0.634. The minimum atomic E-state index is -0.601. The molecule has 0 aliphatic carbocycles. The normalized spacial score (nSPS) is 9.09. The number of hydrogen-bond donors (Lipinski definition) is 0. The lowest BCUT2D eigenvalue weighted by molar-refractivity contribution is 0.0555. The number of benzene rings is 1. The molecule has 2 rings (SSSR count). The molecule has 2 aromatic rings. The molecule has 0 aliphatic heterocycles. The first-order valence-electron chi connectivity index (χ1n) is 6.44. The van der Waals surface area contributed by atoms with Gasteiger partial charge >= 0.3 is 5.97 Å². The fourth-order valence-electron chi connectivity index (χ4n) is 1.80. The van der Waals surface area contributed by atoms with Crippen LogP contribution in [0.4, 0.5) is 0 Å². The predicted molar refractivity (Wildman–Crippen MR) is 79.2 cm³/mol. The van der Waals surface area contributed by atoms with E-state index < -0.39 is 5.97 Å². The van der Waals surface area contributed by atoms with Crippen LogP contribution in [0.25, 0.3) is 17.4 Å². The molecule has 0 saturated heterocycles. The van der Waals surface area contributed by atoms with Crippen LogP contribution in [0.2, 0.25) is 0 Å². The lowest BCUT2D eigenvalue weighted by atomic mass is 10.1. The average molecular weight is 303 g/mol. The molecule has 0 fully saturated rings. The molecule has 0 atom stereocenters. The third-order valence-electron chi connectivity index (χ3n) is 2.80. The summed E-state index contributed by atoms with van der Waals surface area (Å²) in [5.74, 6) is 0.230. The Labute approximate surface area is 132 Å². The zero-order valence-electron chi connectivity index (χ0n) is 11.8. The van der Waals surface area contributed by atoms with Crippen molar-refractivity contribution in [3.8, 4) is 29.5 Å². The van der Waals surface area contributed by atoms with E-state index in [1.54, 1.807) is 54.6 Å². The molecule has 1 heterocycles. The predicted octanol–water partition coefficient (Wildman–Crippen LogP) is 3.06. The van der Waals surface area contributed by atoms with E-state index >= 15 is 0 Å². The van der Waals surface area contributed by atoms with Crippen LogP contribution in [0.3, 0.4) is 0 Å². The second-order valence-electron chi connectivity index (χ2n) is 4.30. The standard InChI is InChI=1S/C17H9N3O3/c18-6-7-22-17(21)14-3-1-2-13(9-14)16-5-4-15(23-16)8-12(10-19)11-20/h1-5,8-9H,7H2. The molecule has 0 unspecified atom stereocenters. The van der Waals surface area contributed by atoms with Crippen molar-refractivity contribution in [1.29, 1.82) is 15.8 Å². The van der Waals surface area contributed by atoms with E-state index in [0.717, 1.165) is 0 Å². The van der Waals surface area contributed by atoms with Gasteiger partial charge in [0.25, 0.3) is 0 Å². The number of furan rings is 1. The van der Waals surface area contributed by atoms with Crippen molar-refractivity contribution in [2.75, 3.05) is 6.61 Å². The van der Waals surface area contributed by atoms with Crippen molar-refractivity contribution in [3.05, 3.63) is 53.3 Å². The Morgan fingerprint density at radius 3 is 2.65 bits per heavy atom. The van der Waals surface area contributed by atoms with Crippen molar-refractivity contribution in [2.45, 2.75) is 0 Å². The van der Waals surface area contributed by atoms with Gasteiger partial charge < -0.3 is 9.15 Å². The van der Waals surface area contributed by atoms with Gasteiger partial charge in [0.2, 0.25) is 0 Å². The number of rotatable bonds is 4. The number of carbonyl (C=O) groups excluding carboxylic acids is 1. The molecule has 6 heteroatoms. The number of carbonyl (C=O) groups is 1. The number of hydrogen-bond acceptors (Lipinski definition) is 6. The summed E-state index contributed by atoms with van der Waals surface area (Å²) in [6.07, 6.45) is 1.33. The molecular weight excluding hydrogens is 294 g/mol. The molecule has 23 heavy (non-hydrogen) atoms. The first kappa shape index (κ1) is 15.6. The molecule has 0 amide bonds. The van der Waals surface area contributed by atoms with E-state index in [4.69, 9.17) is 24.9 Å². The molecule has 1 aromatic heterocycles. The zero-order valence-corrected chi connectivity index (χ0v) is 11.8. The smallest absolute Gasteiger partial charge is 0.339 e. The molecule has 0 bridgehead atoms. The zero-order chi connectivity index (χ0) is 16.7. The molecule has 0 saturated carbocycles. The maximum Gasteiger partial charge on any atom is 0.339 e. The average Bonchev–Trinajstić information content (AvgIpc) is 3.06. The van der Waals surface area contributed by atoms with Crippen LogP contribution < -0.4 is 0 Å². The summed E-state index contributed by atoms with van der Waals surface area (Å²) < 4.78 is 10.3. The summed E-state index contributed by atoms with van der Waals surface area (Å²) in [6.45, 7) is -0.316. The van der Waals surface area contributed by atoms with Gasteiger partial charge in [0, 0.05) is 11.6 Å². The fraction of sp³-hybridized carbons (Fsp3) is 0.0588.